The van der Waals surface area contributed by atoms with E-state index < -0.39 is 17.7 Å². The number of fused-ring (bicyclic) bond motifs is 2. The van der Waals surface area contributed by atoms with E-state index in [4.69, 9.17) is 17.3 Å². The largest absolute Gasteiger partial charge is 0.387 e. The maximum Gasteiger partial charge on any atom is 0.119 e. The van der Waals surface area contributed by atoms with E-state index in [-0.39, 0.29) is 6.10 Å². The fourth-order valence-corrected chi connectivity index (χ4v) is 1.82. The molecule has 0 aliphatic carbocycles. The van der Waals surface area contributed by atoms with E-state index in [0.29, 0.717) is 6.61 Å². The topological polar surface area (TPSA) is 38.7 Å². The van der Waals surface area contributed by atoms with E-state index in [0.717, 1.165) is 6.42 Å². The number of aliphatic hydroxyl groups excluding tert-OH is 1. The van der Waals surface area contributed by atoms with Gasteiger partial charge in [-0.25, -0.2) is 0 Å². The molecule has 4 heteroatoms. The Morgan fingerprint density at radius 1 is 1.73 bits per heavy atom. The molecule has 2 aliphatic rings. The van der Waals surface area contributed by atoms with Gasteiger partial charge >= 0.3 is 0 Å². The zero-order valence-corrected chi connectivity index (χ0v) is 6.49. The smallest absolute Gasteiger partial charge is 0.119 e. The molecule has 0 aromatic rings. The summed E-state index contributed by atoms with van der Waals surface area (Å²) >= 11 is 0. The van der Waals surface area contributed by atoms with Crippen LogP contribution in [-0.2, 0) is 9.47 Å². The highest BCUT2D eigenvalue weighted by Crippen LogP contribution is 2.40. The van der Waals surface area contributed by atoms with Gasteiger partial charge in [-0.05, 0) is 6.42 Å². The number of hydrogen-bond donors (Lipinski definition) is 1. The van der Waals surface area contributed by atoms with E-state index in [2.05, 4.69) is 0 Å². The first-order valence-electron chi connectivity index (χ1n) is 3.93. The molecule has 0 aromatic heterocycles. The van der Waals surface area contributed by atoms with Crippen LogP contribution in [-0.4, -0.2) is 43.4 Å². The molecule has 2 radical (unpaired) electrons. The SMILES string of the molecule is [B]C1OC2(CC)COC1C2O. The van der Waals surface area contributed by atoms with Crippen LogP contribution in [0.3, 0.4) is 0 Å². The average Bonchev–Trinajstić information content (AvgIpc) is 2.42. The van der Waals surface area contributed by atoms with Crippen molar-refractivity contribution < 1.29 is 14.6 Å². The standard InChI is InChI=1S/C7H11BO3/c1-2-7-3-10-4(5(7)9)6(8)11-7/h4-6,9H,2-3H2,1H3. The molecule has 2 rings (SSSR count). The summed E-state index contributed by atoms with van der Waals surface area (Å²) in [6.07, 6.45) is -0.101. The summed E-state index contributed by atoms with van der Waals surface area (Å²) in [5.74, 6) is 0. The van der Waals surface area contributed by atoms with Crippen molar-refractivity contribution in [2.75, 3.05) is 6.61 Å². The van der Waals surface area contributed by atoms with Gasteiger partial charge in [0.15, 0.2) is 0 Å². The van der Waals surface area contributed by atoms with Crippen molar-refractivity contribution in [3.63, 3.8) is 0 Å². The second-order valence-corrected chi connectivity index (χ2v) is 3.22. The van der Waals surface area contributed by atoms with Crippen LogP contribution < -0.4 is 0 Å². The molecule has 4 unspecified atom stereocenters. The first-order valence-corrected chi connectivity index (χ1v) is 3.93. The molecule has 3 nitrogen and oxygen atoms in total. The molecule has 0 spiro atoms. The minimum absolute atomic E-state index is 0.310. The molecule has 0 aromatic carbocycles. The molecule has 11 heavy (non-hydrogen) atoms. The van der Waals surface area contributed by atoms with Crippen LogP contribution in [0.4, 0.5) is 0 Å². The average molecular weight is 154 g/mol. The number of hydrogen-bond acceptors (Lipinski definition) is 3. The summed E-state index contributed by atoms with van der Waals surface area (Å²) < 4.78 is 10.7. The highest BCUT2D eigenvalue weighted by Gasteiger charge is 2.57. The Balaban J connectivity index is 2.24. The van der Waals surface area contributed by atoms with Gasteiger partial charge < -0.3 is 14.6 Å². The van der Waals surface area contributed by atoms with Gasteiger partial charge in [-0.15, -0.1) is 0 Å². The van der Waals surface area contributed by atoms with E-state index in [9.17, 15) is 5.11 Å². The van der Waals surface area contributed by atoms with Gasteiger partial charge in [-0.2, -0.15) is 0 Å². The van der Waals surface area contributed by atoms with Crippen LogP contribution in [0.5, 0.6) is 0 Å². The molecule has 0 amide bonds. The third-order valence-corrected chi connectivity index (χ3v) is 2.66. The van der Waals surface area contributed by atoms with Crippen molar-refractivity contribution in [2.45, 2.75) is 37.2 Å². The second kappa shape index (κ2) is 2.22. The van der Waals surface area contributed by atoms with E-state index >= 15 is 0 Å². The summed E-state index contributed by atoms with van der Waals surface area (Å²) in [4.78, 5) is 0. The van der Waals surface area contributed by atoms with E-state index in [1.807, 2.05) is 6.92 Å². The van der Waals surface area contributed by atoms with E-state index in [1.54, 1.807) is 0 Å². The predicted molar refractivity (Wildman–Crippen MR) is 39.4 cm³/mol. The Morgan fingerprint density at radius 2 is 2.45 bits per heavy atom. The number of ether oxygens (including phenoxy) is 2. The zero-order chi connectivity index (χ0) is 8.06. The summed E-state index contributed by atoms with van der Waals surface area (Å²) in [5, 5.41) is 9.62. The third-order valence-electron chi connectivity index (χ3n) is 2.66. The third kappa shape index (κ3) is 0.804. The fourth-order valence-electron chi connectivity index (χ4n) is 1.82. The van der Waals surface area contributed by atoms with Crippen molar-refractivity contribution >= 4 is 7.85 Å². The highest BCUT2D eigenvalue weighted by molar-refractivity contribution is 6.11. The van der Waals surface area contributed by atoms with Crippen molar-refractivity contribution in [3.8, 4) is 0 Å². The van der Waals surface area contributed by atoms with Crippen molar-refractivity contribution in [1.82, 2.24) is 0 Å². The molecule has 1 N–H and O–H groups in total. The Morgan fingerprint density at radius 3 is 2.73 bits per heavy atom. The fraction of sp³-hybridized carbons (Fsp3) is 1.00. The van der Waals surface area contributed by atoms with Crippen LogP contribution in [0.2, 0.25) is 0 Å². The molecule has 2 fully saturated rings. The molecule has 60 valence electrons. The predicted octanol–water partition coefficient (Wildman–Crippen LogP) is -0.580. The lowest BCUT2D eigenvalue weighted by Gasteiger charge is -2.28. The van der Waals surface area contributed by atoms with Crippen molar-refractivity contribution in [1.29, 1.82) is 0 Å². The molecular formula is C7H11BO3. The van der Waals surface area contributed by atoms with Gasteiger partial charge in [0.1, 0.15) is 25.7 Å². The first-order chi connectivity index (χ1) is 5.19. The van der Waals surface area contributed by atoms with Gasteiger partial charge in [0.25, 0.3) is 0 Å². The minimum atomic E-state index is -0.539. The molecule has 2 aliphatic heterocycles. The Hall–Kier alpha value is -0.0551. The van der Waals surface area contributed by atoms with Crippen molar-refractivity contribution in [2.24, 2.45) is 0 Å². The normalized spacial score (nSPS) is 55.3. The summed E-state index contributed by atoms with van der Waals surface area (Å²) in [5.41, 5.74) is -0.510. The lowest BCUT2D eigenvalue weighted by molar-refractivity contribution is -0.118. The van der Waals surface area contributed by atoms with Crippen molar-refractivity contribution in [3.05, 3.63) is 0 Å². The zero-order valence-electron chi connectivity index (χ0n) is 6.49. The Labute approximate surface area is 67.1 Å². The van der Waals surface area contributed by atoms with Crippen LogP contribution >= 0.6 is 0 Å². The van der Waals surface area contributed by atoms with Crippen LogP contribution in [0.25, 0.3) is 0 Å². The lowest BCUT2D eigenvalue weighted by atomic mass is 9.91. The van der Waals surface area contributed by atoms with Gasteiger partial charge in [-0.1, -0.05) is 6.92 Å². The first kappa shape index (κ1) is 7.59. The maximum atomic E-state index is 9.62. The Kier molecular flexibility index (Phi) is 1.53. The second-order valence-electron chi connectivity index (χ2n) is 3.22. The molecular weight excluding hydrogens is 143 g/mol. The van der Waals surface area contributed by atoms with Gasteiger partial charge in [0.05, 0.1) is 6.61 Å². The summed E-state index contributed by atoms with van der Waals surface area (Å²) in [7, 11) is 5.56. The summed E-state index contributed by atoms with van der Waals surface area (Å²) in [6.45, 7) is 2.44. The molecule has 2 bridgehead atoms. The highest BCUT2D eigenvalue weighted by atomic mass is 16.6. The minimum Gasteiger partial charge on any atom is -0.387 e. The van der Waals surface area contributed by atoms with Gasteiger partial charge in [-0.3, -0.25) is 0 Å². The Bertz CT molecular complexity index is 175. The molecule has 2 saturated heterocycles. The van der Waals surface area contributed by atoms with Gasteiger partial charge in [0, 0.05) is 6.00 Å². The van der Waals surface area contributed by atoms with E-state index in [1.165, 1.54) is 0 Å². The molecule has 2 heterocycles. The van der Waals surface area contributed by atoms with Crippen LogP contribution in [0, 0.1) is 0 Å². The summed E-state index contributed by atoms with van der Waals surface area (Å²) in [6, 6.07) is -0.446. The number of rotatable bonds is 1. The molecule has 4 atom stereocenters. The lowest BCUT2D eigenvalue weighted by Crippen LogP contribution is -2.39. The maximum absolute atomic E-state index is 9.62. The van der Waals surface area contributed by atoms with Crippen LogP contribution in [0.15, 0.2) is 0 Å². The number of aliphatic hydroxyl groups is 1. The monoisotopic (exact) mass is 154 g/mol. The van der Waals surface area contributed by atoms with Crippen LogP contribution in [0.1, 0.15) is 13.3 Å². The van der Waals surface area contributed by atoms with Gasteiger partial charge in [0.2, 0.25) is 0 Å². The quantitative estimate of drug-likeness (QED) is 0.513. The molecule has 0 saturated carbocycles.